The highest BCUT2D eigenvalue weighted by Crippen LogP contribution is 2.33. The van der Waals surface area contributed by atoms with E-state index in [1.54, 1.807) is 6.92 Å². The summed E-state index contributed by atoms with van der Waals surface area (Å²) in [6.07, 6.45) is -3.68. The second-order valence-corrected chi connectivity index (χ2v) is 3.59. The topological polar surface area (TPSA) is 0 Å². The van der Waals surface area contributed by atoms with Gasteiger partial charge in [0.05, 0.1) is 10.6 Å². The van der Waals surface area contributed by atoms with Crippen molar-refractivity contribution in [3.8, 4) is 0 Å². The normalized spacial score (nSPS) is 11.9. The van der Waals surface area contributed by atoms with E-state index in [4.69, 9.17) is 11.6 Å². The number of hydrogen-bond acceptors (Lipinski definition) is 0. The van der Waals surface area contributed by atoms with Crippen LogP contribution < -0.4 is 0 Å². The van der Waals surface area contributed by atoms with Gasteiger partial charge >= 0.3 is 6.18 Å². The first-order valence-corrected chi connectivity index (χ1v) is 4.79. The lowest BCUT2D eigenvalue weighted by Gasteiger charge is -2.10. The fourth-order valence-corrected chi connectivity index (χ4v) is 1.50. The number of alkyl halides is 3. The van der Waals surface area contributed by atoms with Crippen molar-refractivity contribution in [3.05, 3.63) is 34.1 Å². The van der Waals surface area contributed by atoms with E-state index in [0.29, 0.717) is 12.5 Å². The molecular formula is C10H9ClF4. The average molecular weight is 241 g/mol. The SMILES string of the molecule is CCCc1cc(C(F)(F)F)cc(Cl)c1F. The average Bonchev–Trinajstić information content (AvgIpc) is 2.11. The van der Waals surface area contributed by atoms with Crippen molar-refractivity contribution in [1.82, 2.24) is 0 Å². The van der Waals surface area contributed by atoms with Crippen LogP contribution in [0.15, 0.2) is 12.1 Å². The van der Waals surface area contributed by atoms with Crippen molar-refractivity contribution in [1.29, 1.82) is 0 Å². The number of aryl methyl sites for hydroxylation is 1. The molecule has 0 amide bonds. The molecule has 0 radical (unpaired) electrons. The van der Waals surface area contributed by atoms with E-state index in [-0.39, 0.29) is 12.0 Å². The van der Waals surface area contributed by atoms with Gasteiger partial charge in [0.1, 0.15) is 5.82 Å². The zero-order valence-corrected chi connectivity index (χ0v) is 8.71. The Morgan fingerprint density at radius 2 is 1.87 bits per heavy atom. The molecule has 0 heterocycles. The number of halogens is 5. The van der Waals surface area contributed by atoms with Crippen molar-refractivity contribution >= 4 is 11.6 Å². The molecule has 84 valence electrons. The predicted octanol–water partition coefficient (Wildman–Crippen LogP) is 4.45. The number of rotatable bonds is 2. The van der Waals surface area contributed by atoms with Crippen LogP contribution in [0.1, 0.15) is 24.5 Å². The van der Waals surface area contributed by atoms with Crippen LogP contribution in [0.5, 0.6) is 0 Å². The Bertz CT molecular complexity index is 357. The van der Waals surface area contributed by atoms with Crippen LogP contribution in [0.25, 0.3) is 0 Å². The summed E-state index contributed by atoms with van der Waals surface area (Å²) >= 11 is 5.39. The summed E-state index contributed by atoms with van der Waals surface area (Å²) in [5.41, 5.74) is -0.894. The van der Waals surface area contributed by atoms with E-state index >= 15 is 0 Å². The van der Waals surface area contributed by atoms with Crippen molar-refractivity contribution < 1.29 is 17.6 Å². The third-order valence-corrected chi connectivity index (χ3v) is 2.23. The molecule has 0 fully saturated rings. The van der Waals surface area contributed by atoms with E-state index in [1.807, 2.05) is 0 Å². The molecule has 0 nitrogen and oxygen atoms in total. The first kappa shape index (κ1) is 12.3. The number of hydrogen-bond donors (Lipinski definition) is 0. The van der Waals surface area contributed by atoms with Crippen molar-refractivity contribution in [2.45, 2.75) is 25.9 Å². The van der Waals surface area contributed by atoms with E-state index in [1.165, 1.54) is 0 Å². The Morgan fingerprint density at radius 3 is 2.33 bits per heavy atom. The Labute approximate surface area is 89.9 Å². The Kier molecular flexibility index (Phi) is 3.60. The van der Waals surface area contributed by atoms with Crippen LogP contribution in [0.3, 0.4) is 0 Å². The van der Waals surface area contributed by atoms with E-state index in [2.05, 4.69) is 0 Å². The van der Waals surface area contributed by atoms with E-state index in [9.17, 15) is 17.6 Å². The second-order valence-electron chi connectivity index (χ2n) is 3.18. The van der Waals surface area contributed by atoms with Gasteiger partial charge in [0.2, 0.25) is 0 Å². The zero-order valence-electron chi connectivity index (χ0n) is 7.96. The van der Waals surface area contributed by atoms with Gasteiger partial charge in [0, 0.05) is 0 Å². The van der Waals surface area contributed by atoms with Gasteiger partial charge in [0.15, 0.2) is 0 Å². The molecule has 0 bridgehead atoms. The quantitative estimate of drug-likeness (QED) is 0.670. The molecule has 0 N–H and O–H groups in total. The maximum atomic E-state index is 13.3. The molecule has 1 rings (SSSR count). The molecule has 0 aromatic heterocycles. The minimum absolute atomic E-state index is 0.0114. The van der Waals surface area contributed by atoms with Gasteiger partial charge in [0.25, 0.3) is 0 Å². The lowest BCUT2D eigenvalue weighted by Crippen LogP contribution is -2.07. The van der Waals surface area contributed by atoms with Gasteiger partial charge in [-0.15, -0.1) is 0 Å². The smallest absolute Gasteiger partial charge is 0.205 e. The molecule has 1 aromatic carbocycles. The standard InChI is InChI=1S/C10H9ClF4/c1-2-3-6-4-7(10(13,14)15)5-8(11)9(6)12/h4-5H,2-3H2,1H3. The molecule has 0 aliphatic carbocycles. The molecule has 0 aliphatic heterocycles. The fraction of sp³-hybridized carbons (Fsp3) is 0.400. The van der Waals surface area contributed by atoms with Gasteiger partial charge in [-0.05, 0) is 24.1 Å². The van der Waals surface area contributed by atoms with Gasteiger partial charge in [-0.2, -0.15) is 13.2 Å². The maximum absolute atomic E-state index is 13.3. The zero-order chi connectivity index (χ0) is 11.6. The largest absolute Gasteiger partial charge is 0.416 e. The molecule has 15 heavy (non-hydrogen) atoms. The third-order valence-electron chi connectivity index (χ3n) is 1.95. The Hall–Kier alpha value is -0.770. The maximum Gasteiger partial charge on any atom is 0.416 e. The van der Waals surface area contributed by atoms with Gasteiger partial charge < -0.3 is 0 Å². The van der Waals surface area contributed by atoms with Crippen LogP contribution in [-0.4, -0.2) is 0 Å². The molecule has 0 aliphatic rings. The van der Waals surface area contributed by atoms with Crippen LogP contribution in [-0.2, 0) is 12.6 Å². The summed E-state index contributed by atoms with van der Waals surface area (Å²) in [5, 5.41) is -0.478. The number of benzene rings is 1. The highest BCUT2D eigenvalue weighted by Gasteiger charge is 2.32. The molecule has 0 unspecified atom stereocenters. The summed E-state index contributed by atoms with van der Waals surface area (Å²) in [6, 6.07) is 1.42. The van der Waals surface area contributed by atoms with Crippen molar-refractivity contribution in [3.63, 3.8) is 0 Å². The molecule has 0 saturated heterocycles. The lowest BCUT2D eigenvalue weighted by molar-refractivity contribution is -0.137. The van der Waals surface area contributed by atoms with Crippen molar-refractivity contribution in [2.75, 3.05) is 0 Å². The van der Waals surface area contributed by atoms with Crippen molar-refractivity contribution in [2.24, 2.45) is 0 Å². The highest BCUT2D eigenvalue weighted by molar-refractivity contribution is 6.30. The third kappa shape index (κ3) is 2.84. The Morgan fingerprint density at radius 1 is 1.27 bits per heavy atom. The molecular weight excluding hydrogens is 232 g/mol. The lowest BCUT2D eigenvalue weighted by atomic mass is 10.1. The Balaban J connectivity index is 3.23. The second kappa shape index (κ2) is 4.39. The molecule has 5 heteroatoms. The monoisotopic (exact) mass is 240 g/mol. The summed E-state index contributed by atoms with van der Waals surface area (Å²) < 4.78 is 50.3. The summed E-state index contributed by atoms with van der Waals surface area (Å²) in [7, 11) is 0. The summed E-state index contributed by atoms with van der Waals surface area (Å²) in [6.45, 7) is 1.76. The minimum atomic E-state index is -4.49. The predicted molar refractivity (Wildman–Crippen MR) is 50.4 cm³/mol. The van der Waals surface area contributed by atoms with Crippen LogP contribution >= 0.6 is 11.6 Å². The van der Waals surface area contributed by atoms with E-state index in [0.717, 1.165) is 6.07 Å². The summed E-state index contributed by atoms with van der Waals surface area (Å²) in [5.74, 6) is -0.758. The highest BCUT2D eigenvalue weighted by atomic mass is 35.5. The minimum Gasteiger partial charge on any atom is -0.205 e. The van der Waals surface area contributed by atoms with Gasteiger partial charge in [-0.25, -0.2) is 4.39 Å². The van der Waals surface area contributed by atoms with Gasteiger partial charge in [-0.3, -0.25) is 0 Å². The summed E-state index contributed by atoms with van der Waals surface area (Å²) in [4.78, 5) is 0. The van der Waals surface area contributed by atoms with Crippen LogP contribution in [0, 0.1) is 5.82 Å². The van der Waals surface area contributed by atoms with Crippen LogP contribution in [0.2, 0.25) is 5.02 Å². The molecule has 1 aromatic rings. The first-order chi connectivity index (χ1) is 6.86. The van der Waals surface area contributed by atoms with Gasteiger partial charge in [-0.1, -0.05) is 24.9 Å². The van der Waals surface area contributed by atoms with E-state index < -0.39 is 22.6 Å². The van der Waals surface area contributed by atoms with Crippen LogP contribution in [0.4, 0.5) is 17.6 Å². The molecule has 0 atom stereocenters. The fourth-order valence-electron chi connectivity index (χ4n) is 1.26. The first-order valence-electron chi connectivity index (χ1n) is 4.41. The molecule has 0 spiro atoms. The molecule has 0 saturated carbocycles.